The highest BCUT2D eigenvalue weighted by Gasteiger charge is 2.30. The minimum atomic E-state index is -0.130. The van der Waals surface area contributed by atoms with Crippen LogP contribution in [0.25, 0.3) is 0 Å². The van der Waals surface area contributed by atoms with Crippen molar-refractivity contribution < 1.29 is 4.39 Å². The van der Waals surface area contributed by atoms with Crippen molar-refractivity contribution in [2.45, 2.75) is 51.6 Å². The van der Waals surface area contributed by atoms with Gasteiger partial charge < -0.3 is 5.73 Å². The Morgan fingerprint density at radius 1 is 1.25 bits per heavy atom. The summed E-state index contributed by atoms with van der Waals surface area (Å²) in [5.41, 5.74) is 6.76. The van der Waals surface area contributed by atoms with Crippen LogP contribution >= 0.6 is 0 Å². The zero-order valence-electron chi connectivity index (χ0n) is 12.7. The van der Waals surface area contributed by atoms with E-state index in [1.54, 1.807) is 12.1 Å². The molecule has 1 aliphatic rings. The Hall–Kier alpha value is -0.930. The van der Waals surface area contributed by atoms with Crippen LogP contribution in [-0.2, 0) is 0 Å². The SMILES string of the molecule is CC(C)CN(C1CCCC1)C(CN)c1ccccc1F. The van der Waals surface area contributed by atoms with Gasteiger partial charge in [-0.2, -0.15) is 0 Å². The number of rotatable bonds is 6. The molecule has 2 nitrogen and oxygen atoms in total. The molecule has 0 bridgehead atoms. The van der Waals surface area contributed by atoms with Gasteiger partial charge in [0.05, 0.1) is 6.04 Å². The smallest absolute Gasteiger partial charge is 0.128 e. The summed E-state index contributed by atoms with van der Waals surface area (Å²) in [5.74, 6) is 0.436. The van der Waals surface area contributed by atoms with Crippen molar-refractivity contribution in [1.82, 2.24) is 4.90 Å². The van der Waals surface area contributed by atoms with E-state index >= 15 is 0 Å². The monoisotopic (exact) mass is 278 g/mol. The maximum absolute atomic E-state index is 14.1. The van der Waals surface area contributed by atoms with Gasteiger partial charge in [0.25, 0.3) is 0 Å². The number of nitrogens with two attached hydrogens (primary N) is 1. The fourth-order valence-corrected chi connectivity index (χ4v) is 3.37. The highest BCUT2D eigenvalue weighted by atomic mass is 19.1. The van der Waals surface area contributed by atoms with Crippen molar-refractivity contribution >= 4 is 0 Å². The highest BCUT2D eigenvalue weighted by molar-refractivity contribution is 5.22. The second kappa shape index (κ2) is 7.19. The van der Waals surface area contributed by atoms with Gasteiger partial charge in [0.2, 0.25) is 0 Å². The van der Waals surface area contributed by atoms with Gasteiger partial charge in [-0.1, -0.05) is 44.9 Å². The first-order valence-electron chi connectivity index (χ1n) is 7.83. The van der Waals surface area contributed by atoms with E-state index in [9.17, 15) is 4.39 Å². The van der Waals surface area contributed by atoms with Gasteiger partial charge in [0, 0.05) is 24.7 Å². The molecule has 0 saturated heterocycles. The van der Waals surface area contributed by atoms with E-state index in [1.165, 1.54) is 25.7 Å². The molecular formula is C17H27FN2. The average Bonchev–Trinajstić information content (AvgIpc) is 2.94. The van der Waals surface area contributed by atoms with Gasteiger partial charge in [0.1, 0.15) is 5.82 Å². The van der Waals surface area contributed by atoms with Crippen molar-refractivity contribution in [3.8, 4) is 0 Å². The molecule has 1 saturated carbocycles. The van der Waals surface area contributed by atoms with Crippen LogP contribution in [0.1, 0.15) is 51.1 Å². The maximum atomic E-state index is 14.1. The van der Waals surface area contributed by atoms with E-state index in [2.05, 4.69) is 18.7 Å². The molecule has 2 rings (SSSR count). The number of hydrogen-bond acceptors (Lipinski definition) is 2. The predicted molar refractivity (Wildman–Crippen MR) is 82.0 cm³/mol. The first kappa shape index (κ1) is 15.5. The molecule has 0 radical (unpaired) electrons. The molecule has 20 heavy (non-hydrogen) atoms. The van der Waals surface area contributed by atoms with Gasteiger partial charge >= 0.3 is 0 Å². The molecule has 1 fully saturated rings. The van der Waals surface area contributed by atoms with Crippen LogP contribution in [0.15, 0.2) is 24.3 Å². The van der Waals surface area contributed by atoms with E-state index in [0.29, 0.717) is 18.5 Å². The van der Waals surface area contributed by atoms with Crippen LogP contribution < -0.4 is 5.73 Å². The Labute approximate surface area is 122 Å². The Balaban J connectivity index is 2.26. The average molecular weight is 278 g/mol. The summed E-state index contributed by atoms with van der Waals surface area (Å²) in [6.07, 6.45) is 5.01. The summed E-state index contributed by atoms with van der Waals surface area (Å²) in [5, 5.41) is 0. The van der Waals surface area contributed by atoms with Crippen LogP contribution in [0.5, 0.6) is 0 Å². The fraction of sp³-hybridized carbons (Fsp3) is 0.647. The molecule has 1 aliphatic carbocycles. The number of benzene rings is 1. The lowest BCUT2D eigenvalue weighted by molar-refractivity contribution is 0.119. The lowest BCUT2D eigenvalue weighted by Gasteiger charge is -2.37. The second-order valence-electron chi connectivity index (χ2n) is 6.30. The Morgan fingerprint density at radius 2 is 1.90 bits per heavy atom. The van der Waals surface area contributed by atoms with E-state index < -0.39 is 0 Å². The van der Waals surface area contributed by atoms with Crippen molar-refractivity contribution in [3.63, 3.8) is 0 Å². The quantitative estimate of drug-likeness (QED) is 0.859. The minimum Gasteiger partial charge on any atom is -0.329 e. The van der Waals surface area contributed by atoms with Gasteiger partial charge in [-0.25, -0.2) is 4.39 Å². The van der Waals surface area contributed by atoms with Crippen LogP contribution in [0.2, 0.25) is 0 Å². The van der Waals surface area contributed by atoms with Crippen molar-refractivity contribution in [2.24, 2.45) is 11.7 Å². The molecule has 0 amide bonds. The Kier molecular flexibility index (Phi) is 5.55. The molecule has 3 heteroatoms. The molecule has 0 aromatic heterocycles. The highest BCUT2D eigenvalue weighted by Crippen LogP contribution is 2.32. The van der Waals surface area contributed by atoms with Crippen LogP contribution in [0.4, 0.5) is 4.39 Å². The van der Waals surface area contributed by atoms with E-state index in [-0.39, 0.29) is 11.9 Å². The zero-order valence-corrected chi connectivity index (χ0v) is 12.7. The minimum absolute atomic E-state index is 0.00157. The molecule has 1 aromatic rings. The molecule has 0 heterocycles. The van der Waals surface area contributed by atoms with Crippen molar-refractivity contribution in [1.29, 1.82) is 0 Å². The molecule has 1 aromatic carbocycles. The summed E-state index contributed by atoms with van der Waals surface area (Å²) in [6, 6.07) is 7.64. The number of hydrogen-bond donors (Lipinski definition) is 1. The summed E-state index contributed by atoms with van der Waals surface area (Å²) in [4.78, 5) is 2.45. The summed E-state index contributed by atoms with van der Waals surface area (Å²) in [7, 11) is 0. The van der Waals surface area contributed by atoms with Gasteiger partial charge in [-0.15, -0.1) is 0 Å². The molecule has 2 N–H and O–H groups in total. The normalized spacial score (nSPS) is 18.1. The van der Waals surface area contributed by atoms with Crippen molar-refractivity contribution in [2.75, 3.05) is 13.1 Å². The molecule has 0 aliphatic heterocycles. The zero-order chi connectivity index (χ0) is 14.5. The largest absolute Gasteiger partial charge is 0.329 e. The lowest BCUT2D eigenvalue weighted by Crippen LogP contribution is -2.42. The van der Waals surface area contributed by atoms with Gasteiger partial charge in [-0.3, -0.25) is 4.90 Å². The van der Waals surface area contributed by atoms with Crippen LogP contribution in [-0.4, -0.2) is 24.0 Å². The molecular weight excluding hydrogens is 251 g/mol. The third-order valence-corrected chi connectivity index (χ3v) is 4.26. The molecule has 1 atom stereocenters. The van der Waals surface area contributed by atoms with Gasteiger partial charge in [0.15, 0.2) is 0 Å². The Morgan fingerprint density at radius 3 is 2.45 bits per heavy atom. The first-order valence-corrected chi connectivity index (χ1v) is 7.83. The lowest BCUT2D eigenvalue weighted by atomic mass is 10.00. The third-order valence-electron chi connectivity index (χ3n) is 4.26. The fourth-order valence-electron chi connectivity index (χ4n) is 3.37. The van der Waals surface area contributed by atoms with Gasteiger partial charge in [-0.05, 0) is 24.8 Å². The summed E-state index contributed by atoms with van der Waals surface area (Å²) >= 11 is 0. The standard InChI is InChI=1S/C17H27FN2/c1-13(2)12-20(14-7-3-4-8-14)17(11-19)15-9-5-6-10-16(15)18/h5-6,9-10,13-14,17H,3-4,7-8,11-12,19H2,1-2H3. The van der Waals surface area contributed by atoms with Crippen molar-refractivity contribution in [3.05, 3.63) is 35.6 Å². The number of halogens is 1. The van der Waals surface area contributed by atoms with E-state index in [0.717, 1.165) is 12.1 Å². The maximum Gasteiger partial charge on any atom is 0.128 e. The first-order chi connectivity index (χ1) is 9.63. The summed E-state index contributed by atoms with van der Waals surface area (Å²) < 4.78 is 14.1. The molecule has 1 unspecified atom stereocenters. The van der Waals surface area contributed by atoms with Crippen LogP contribution in [0, 0.1) is 11.7 Å². The van der Waals surface area contributed by atoms with E-state index in [1.807, 2.05) is 12.1 Å². The van der Waals surface area contributed by atoms with Crippen LogP contribution in [0.3, 0.4) is 0 Å². The molecule has 0 spiro atoms. The topological polar surface area (TPSA) is 29.3 Å². The van der Waals surface area contributed by atoms with E-state index in [4.69, 9.17) is 5.73 Å². The predicted octanol–water partition coefficient (Wildman–Crippen LogP) is 3.73. The molecule has 112 valence electrons. The number of nitrogens with zero attached hydrogens (tertiary/aromatic N) is 1. The Bertz CT molecular complexity index is 413. The third kappa shape index (κ3) is 3.58. The summed E-state index contributed by atoms with van der Waals surface area (Å²) in [6.45, 7) is 5.90. The second-order valence-corrected chi connectivity index (χ2v) is 6.30.